The lowest BCUT2D eigenvalue weighted by Crippen LogP contribution is -2.38. The Hall–Kier alpha value is -3.13. The number of hydrogen-bond donors (Lipinski definition) is 0. The summed E-state index contributed by atoms with van der Waals surface area (Å²) >= 11 is 0. The summed E-state index contributed by atoms with van der Waals surface area (Å²) in [5, 5.41) is 0. The van der Waals surface area contributed by atoms with Crippen LogP contribution >= 0.6 is 0 Å². The molecule has 2 aliphatic rings. The van der Waals surface area contributed by atoms with Gasteiger partial charge in [0.15, 0.2) is 17.4 Å². The molecule has 166 valence electrons. The van der Waals surface area contributed by atoms with Crippen molar-refractivity contribution in [2.24, 2.45) is 0 Å². The maximum absolute atomic E-state index is 14.9. The maximum atomic E-state index is 14.9. The predicted octanol–water partition coefficient (Wildman–Crippen LogP) is 3.96. The van der Waals surface area contributed by atoms with Gasteiger partial charge in [0, 0.05) is 36.6 Å². The minimum atomic E-state index is -0.593. The van der Waals surface area contributed by atoms with Gasteiger partial charge in [-0.3, -0.25) is 9.88 Å². The quantitative estimate of drug-likeness (QED) is 0.616. The molecular formula is C24H25F2N5O. The van der Waals surface area contributed by atoms with Gasteiger partial charge in [0.1, 0.15) is 18.1 Å². The van der Waals surface area contributed by atoms with Crippen molar-refractivity contribution in [1.82, 2.24) is 19.9 Å². The minimum Gasteiger partial charge on any atom is -0.486 e. The molecule has 0 fully saturated rings. The molecule has 0 saturated heterocycles. The lowest BCUT2D eigenvalue weighted by Gasteiger charge is -2.34. The SMILES string of the molecule is CC(C)N1CCOc2c(F)cc(-c3nc(Cc4cc5c(cn4)CN(C)C5)ncc3F)cc21. The first kappa shape index (κ1) is 20.8. The number of pyridine rings is 1. The molecule has 2 aliphatic heterocycles. The molecular weight excluding hydrogens is 412 g/mol. The molecule has 0 amide bonds. The highest BCUT2D eigenvalue weighted by molar-refractivity contribution is 5.72. The second-order valence-corrected chi connectivity index (χ2v) is 8.72. The van der Waals surface area contributed by atoms with E-state index in [0.29, 0.717) is 36.6 Å². The van der Waals surface area contributed by atoms with Crippen LogP contribution in [0.1, 0.15) is 36.5 Å². The van der Waals surface area contributed by atoms with Crippen LogP contribution in [0.4, 0.5) is 14.5 Å². The van der Waals surface area contributed by atoms with Crippen molar-refractivity contribution >= 4 is 5.69 Å². The van der Waals surface area contributed by atoms with Crippen LogP contribution in [0.15, 0.2) is 30.6 Å². The van der Waals surface area contributed by atoms with Gasteiger partial charge in [-0.1, -0.05) is 0 Å². The highest BCUT2D eigenvalue weighted by Crippen LogP contribution is 2.39. The zero-order valence-corrected chi connectivity index (χ0v) is 18.4. The average Bonchev–Trinajstić information content (AvgIpc) is 3.14. The van der Waals surface area contributed by atoms with Crippen molar-refractivity contribution in [1.29, 1.82) is 0 Å². The van der Waals surface area contributed by atoms with E-state index < -0.39 is 11.6 Å². The molecule has 32 heavy (non-hydrogen) atoms. The highest BCUT2D eigenvalue weighted by Gasteiger charge is 2.26. The van der Waals surface area contributed by atoms with Crippen LogP contribution < -0.4 is 9.64 Å². The predicted molar refractivity (Wildman–Crippen MR) is 118 cm³/mol. The second-order valence-electron chi connectivity index (χ2n) is 8.72. The van der Waals surface area contributed by atoms with Crippen LogP contribution in [0, 0.1) is 11.6 Å². The molecule has 8 heteroatoms. The van der Waals surface area contributed by atoms with Gasteiger partial charge >= 0.3 is 0 Å². The number of halogens is 2. The molecule has 0 bridgehead atoms. The van der Waals surface area contributed by atoms with Crippen molar-refractivity contribution in [2.75, 3.05) is 25.1 Å². The van der Waals surface area contributed by atoms with Crippen LogP contribution in [0.2, 0.25) is 0 Å². The van der Waals surface area contributed by atoms with E-state index in [-0.39, 0.29) is 17.5 Å². The monoisotopic (exact) mass is 437 g/mol. The van der Waals surface area contributed by atoms with E-state index in [1.54, 1.807) is 6.07 Å². The number of rotatable bonds is 4. The largest absolute Gasteiger partial charge is 0.486 e. The number of anilines is 1. The summed E-state index contributed by atoms with van der Waals surface area (Å²) < 4.78 is 35.1. The average molecular weight is 437 g/mol. The molecule has 0 N–H and O–H groups in total. The van der Waals surface area contributed by atoms with E-state index in [1.165, 1.54) is 17.2 Å². The summed E-state index contributed by atoms with van der Waals surface area (Å²) in [5.41, 5.74) is 4.34. The molecule has 3 aromatic rings. The first-order chi connectivity index (χ1) is 15.4. The Kier molecular flexibility index (Phi) is 5.25. The normalized spacial score (nSPS) is 15.6. The number of fused-ring (bicyclic) bond motifs is 2. The van der Waals surface area contributed by atoms with Gasteiger partial charge in [0.25, 0.3) is 0 Å². The molecule has 4 heterocycles. The standard InChI is InChI=1S/C24H25F2N5O/c1-14(2)31-4-5-32-24-19(25)7-15(8-21(24)31)23-20(26)11-28-22(29-23)9-18-6-16-12-30(3)13-17(16)10-27-18/h6-8,10-11,14H,4-5,9,12-13H2,1-3H3. The van der Waals surface area contributed by atoms with Gasteiger partial charge in [-0.25, -0.2) is 18.7 Å². The van der Waals surface area contributed by atoms with E-state index >= 15 is 0 Å². The fourth-order valence-electron chi connectivity index (χ4n) is 4.43. The molecule has 0 saturated carbocycles. The van der Waals surface area contributed by atoms with E-state index in [0.717, 1.165) is 25.0 Å². The van der Waals surface area contributed by atoms with Crippen LogP contribution in [-0.4, -0.2) is 46.1 Å². The number of nitrogens with zero attached hydrogens (tertiary/aromatic N) is 5. The Balaban J connectivity index is 1.49. The van der Waals surface area contributed by atoms with Crippen LogP contribution in [0.3, 0.4) is 0 Å². The van der Waals surface area contributed by atoms with E-state index in [9.17, 15) is 8.78 Å². The summed E-state index contributed by atoms with van der Waals surface area (Å²) in [7, 11) is 2.07. The maximum Gasteiger partial charge on any atom is 0.178 e. The third-order valence-corrected chi connectivity index (χ3v) is 5.96. The van der Waals surface area contributed by atoms with E-state index in [2.05, 4.69) is 37.9 Å². The smallest absolute Gasteiger partial charge is 0.178 e. The van der Waals surface area contributed by atoms with Crippen molar-refractivity contribution in [3.8, 4) is 17.0 Å². The molecule has 0 atom stereocenters. The second kappa shape index (κ2) is 8.09. The topological polar surface area (TPSA) is 54.4 Å². The van der Waals surface area contributed by atoms with Crippen molar-refractivity contribution in [2.45, 2.75) is 39.4 Å². The van der Waals surface area contributed by atoms with Crippen LogP contribution in [0.25, 0.3) is 11.3 Å². The van der Waals surface area contributed by atoms with Gasteiger partial charge < -0.3 is 9.64 Å². The van der Waals surface area contributed by atoms with Gasteiger partial charge in [0.2, 0.25) is 0 Å². The molecule has 0 unspecified atom stereocenters. The third kappa shape index (κ3) is 3.79. The fourth-order valence-corrected chi connectivity index (χ4v) is 4.43. The van der Waals surface area contributed by atoms with Crippen LogP contribution in [-0.2, 0) is 19.5 Å². The van der Waals surface area contributed by atoms with Gasteiger partial charge in [-0.15, -0.1) is 0 Å². The lowest BCUT2D eigenvalue weighted by molar-refractivity contribution is 0.287. The molecule has 0 radical (unpaired) electrons. The summed E-state index contributed by atoms with van der Waals surface area (Å²) in [5.74, 6) is -0.470. The van der Waals surface area contributed by atoms with Crippen molar-refractivity contribution < 1.29 is 13.5 Å². The molecule has 0 spiro atoms. The van der Waals surface area contributed by atoms with Crippen molar-refractivity contribution in [3.05, 3.63) is 64.9 Å². The zero-order chi connectivity index (χ0) is 22.4. The Morgan fingerprint density at radius 2 is 1.84 bits per heavy atom. The number of benzene rings is 1. The molecule has 5 rings (SSSR count). The zero-order valence-electron chi connectivity index (χ0n) is 18.4. The molecule has 1 aromatic carbocycles. The Bertz CT molecular complexity index is 1180. The van der Waals surface area contributed by atoms with E-state index in [1.807, 2.05) is 20.0 Å². The number of ether oxygens (including phenoxy) is 1. The van der Waals surface area contributed by atoms with E-state index in [4.69, 9.17) is 4.74 Å². The Morgan fingerprint density at radius 1 is 1.03 bits per heavy atom. The molecule has 6 nitrogen and oxygen atoms in total. The van der Waals surface area contributed by atoms with Gasteiger partial charge in [-0.05, 0) is 50.2 Å². The Morgan fingerprint density at radius 3 is 2.66 bits per heavy atom. The lowest BCUT2D eigenvalue weighted by atomic mass is 10.1. The first-order valence-electron chi connectivity index (χ1n) is 10.8. The van der Waals surface area contributed by atoms with Gasteiger partial charge in [0.05, 0.1) is 24.8 Å². The van der Waals surface area contributed by atoms with Crippen molar-refractivity contribution in [3.63, 3.8) is 0 Å². The molecule has 2 aromatic heterocycles. The number of hydrogen-bond acceptors (Lipinski definition) is 6. The highest BCUT2D eigenvalue weighted by atomic mass is 19.1. The Labute approximate surface area is 185 Å². The molecule has 0 aliphatic carbocycles. The fraction of sp³-hybridized carbons (Fsp3) is 0.375. The van der Waals surface area contributed by atoms with Crippen LogP contribution in [0.5, 0.6) is 5.75 Å². The van der Waals surface area contributed by atoms with Gasteiger partial charge in [-0.2, -0.15) is 0 Å². The summed E-state index contributed by atoms with van der Waals surface area (Å²) in [6.45, 7) is 6.89. The summed E-state index contributed by atoms with van der Waals surface area (Å²) in [6, 6.07) is 5.24. The third-order valence-electron chi connectivity index (χ3n) is 5.96. The summed E-state index contributed by atoms with van der Waals surface area (Å²) in [4.78, 5) is 17.4. The summed E-state index contributed by atoms with van der Waals surface area (Å²) in [6.07, 6.45) is 3.41. The minimum absolute atomic E-state index is 0.0758. The first-order valence-corrected chi connectivity index (χ1v) is 10.8. The number of aromatic nitrogens is 3.